The zero-order valence-electron chi connectivity index (χ0n) is 14.2. The molecule has 2 rings (SSSR count). The largest absolute Gasteiger partial charge is 0.493 e. The molecule has 1 aromatic carbocycles. The van der Waals surface area contributed by atoms with Gasteiger partial charge in [-0.3, -0.25) is 4.79 Å². The van der Waals surface area contributed by atoms with Gasteiger partial charge in [0.25, 0.3) is 0 Å². The minimum Gasteiger partial charge on any atom is -0.493 e. The van der Waals surface area contributed by atoms with Gasteiger partial charge in [0.2, 0.25) is 0 Å². The Bertz CT molecular complexity index is 538. The number of anilines is 1. The van der Waals surface area contributed by atoms with Crippen LogP contribution in [0, 0.1) is 5.92 Å². The maximum absolute atomic E-state index is 11.9. The summed E-state index contributed by atoms with van der Waals surface area (Å²) in [6, 6.07) is 6.94. The van der Waals surface area contributed by atoms with Crippen LogP contribution in [-0.4, -0.2) is 42.2 Å². The minimum absolute atomic E-state index is 0.0716. The Morgan fingerprint density at radius 3 is 2.50 bits per heavy atom. The second-order valence-electron chi connectivity index (χ2n) is 6.33. The van der Waals surface area contributed by atoms with Gasteiger partial charge in [0.15, 0.2) is 0 Å². The normalized spacial score (nSPS) is 14.9. The van der Waals surface area contributed by atoms with E-state index in [0.717, 1.165) is 12.4 Å². The van der Waals surface area contributed by atoms with Crippen molar-refractivity contribution in [3.8, 4) is 5.75 Å². The molecule has 2 amide bonds. The number of rotatable bonds is 7. The molecule has 24 heavy (non-hydrogen) atoms. The topological polar surface area (TPSA) is 78.9 Å². The number of ether oxygens (including phenoxy) is 1. The molecule has 2 N–H and O–H groups in total. The molecular formula is C18H26N2O4. The lowest BCUT2D eigenvalue weighted by atomic mass is 9.90. The quantitative estimate of drug-likeness (QED) is 0.799. The van der Waals surface area contributed by atoms with Crippen molar-refractivity contribution in [2.45, 2.75) is 38.5 Å². The van der Waals surface area contributed by atoms with Crippen molar-refractivity contribution in [1.29, 1.82) is 0 Å². The summed E-state index contributed by atoms with van der Waals surface area (Å²) < 4.78 is 5.83. The minimum atomic E-state index is -0.922. The summed E-state index contributed by atoms with van der Waals surface area (Å²) in [4.78, 5) is 23.8. The first-order valence-electron chi connectivity index (χ1n) is 8.51. The number of carbonyl (C=O) groups excluding carboxylic acids is 1. The molecular weight excluding hydrogens is 308 g/mol. The monoisotopic (exact) mass is 334 g/mol. The Kier molecular flexibility index (Phi) is 6.90. The van der Waals surface area contributed by atoms with E-state index in [4.69, 9.17) is 9.84 Å². The highest BCUT2D eigenvalue weighted by Gasteiger charge is 2.14. The second kappa shape index (κ2) is 9.15. The first-order chi connectivity index (χ1) is 11.5. The van der Waals surface area contributed by atoms with Gasteiger partial charge < -0.3 is 20.1 Å². The zero-order valence-corrected chi connectivity index (χ0v) is 14.2. The summed E-state index contributed by atoms with van der Waals surface area (Å²) >= 11 is 0. The Morgan fingerprint density at radius 2 is 1.88 bits per heavy atom. The van der Waals surface area contributed by atoms with Crippen LogP contribution in [0.25, 0.3) is 0 Å². The van der Waals surface area contributed by atoms with E-state index in [9.17, 15) is 9.59 Å². The van der Waals surface area contributed by atoms with Crippen LogP contribution in [0.4, 0.5) is 10.5 Å². The number of urea groups is 1. The standard InChI is InChI=1S/C18H26N2O4/c1-20(12-11-17(21)22)18(23)19-15-7-9-16(10-8-15)24-13-14-5-3-2-4-6-14/h7-10,14H,2-6,11-13H2,1H3,(H,19,23)(H,21,22). The van der Waals surface area contributed by atoms with E-state index in [1.54, 1.807) is 19.2 Å². The molecule has 0 atom stereocenters. The Morgan fingerprint density at radius 1 is 1.21 bits per heavy atom. The van der Waals surface area contributed by atoms with Crippen molar-refractivity contribution in [2.24, 2.45) is 5.92 Å². The van der Waals surface area contributed by atoms with Crippen LogP contribution in [-0.2, 0) is 4.79 Å². The molecule has 0 heterocycles. The SMILES string of the molecule is CN(CCC(=O)O)C(=O)Nc1ccc(OCC2CCCCC2)cc1. The molecule has 132 valence electrons. The smallest absolute Gasteiger partial charge is 0.321 e. The van der Waals surface area contributed by atoms with Crippen molar-refractivity contribution >= 4 is 17.7 Å². The number of nitrogens with one attached hydrogen (secondary N) is 1. The molecule has 0 aliphatic heterocycles. The van der Waals surface area contributed by atoms with E-state index in [-0.39, 0.29) is 19.0 Å². The Balaban J connectivity index is 1.76. The van der Waals surface area contributed by atoms with Crippen LogP contribution in [0.3, 0.4) is 0 Å². The van der Waals surface area contributed by atoms with E-state index in [1.807, 2.05) is 12.1 Å². The molecule has 0 radical (unpaired) electrons. The average molecular weight is 334 g/mol. The average Bonchev–Trinajstić information content (AvgIpc) is 2.60. The molecule has 6 nitrogen and oxygen atoms in total. The summed E-state index contributed by atoms with van der Waals surface area (Å²) in [5.41, 5.74) is 0.659. The van der Waals surface area contributed by atoms with Crippen molar-refractivity contribution in [3.63, 3.8) is 0 Å². The summed E-state index contributed by atoms with van der Waals surface area (Å²) in [5.74, 6) is 0.535. The van der Waals surface area contributed by atoms with Gasteiger partial charge in [-0.1, -0.05) is 19.3 Å². The highest BCUT2D eigenvalue weighted by molar-refractivity contribution is 5.89. The molecule has 1 saturated carbocycles. The molecule has 0 spiro atoms. The van der Waals surface area contributed by atoms with Crippen LogP contribution in [0.5, 0.6) is 5.75 Å². The summed E-state index contributed by atoms with van der Waals surface area (Å²) in [7, 11) is 1.57. The van der Waals surface area contributed by atoms with Crippen LogP contribution in [0.15, 0.2) is 24.3 Å². The van der Waals surface area contributed by atoms with Gasteiger partial charge in [-0.2, -0.15) is 0 Å². The molecule has 0 unspecified atom stereocenters. The van der Waals surface area contributed by atoms with E-state index >= 15 is 0 Å². The summed E-state index contributed by atoms with van der Waals surface area (Å²) in [6.45, 7) is 0.924. The zero-order chi connectivity index (χ0) is 17.4. The summed E-state index contributed by atoms with van der Waals surface area (Å²) in [5, 5.41) is 11.4. The van der Waals surface area contributed by atoms with Crippen molar-refractivity contribution in [3.05, 3.63) is 24.3 Å². The predicted molar refractivity (Wildman–Crippen MR) is 92.4 cm³/mol. The molecule has 1 fully saturated rings. The van der Waals surface area contributed by atoms with E-state index in [1.165, 1.54) is 37.0 Å². The van der Waals surface area contributed by atoms with E-state index in [2.05, 4.69) is 5.32 Å². The molecule has 1 aliphatic carbocycles. The Hall–Kier alpha value is -2.24. The maximum atomic E-state index is 11.9. The maximum Gasteiger partial charge on any atom is 0.321 e. The highest BCUT2D eigenvalue weighted by Crippen LogP contribution is 2.25. The van der Waals surface area contributed by atoms with Crippen LogP contribution in [0.1, 0.15) is 38.5 Å². The second-order valence-corrected chi connectivity index (χ2v) is 6.33. The molecule has 0 aromatic heterocycles. The lowest BCUT2D eigenvalue weighted by Gasteiger charge is -2.21. The number of benzene rings is 1. The molecule has 1 aromatic rings. The molecule has 0 bridgehead atoms. The van der Waals surface area contributed by atoms with Crippen molar-refractivity contribution in [2.75, 3.05) is 25.5 Å². The van der Waals surface area contributed by atoms with Crippen LogP contribution in [0.2, 0.25) is 0 Å². The molecule has 0 saturated heterocycles. The van der Waals surface area contributed by atoms with Gasteiger partial charge in [0.1, 0.15) is 5.75 Å². The van der Waals surface area contributed by atoms with Gasteiger partial charge >= 0.3 is 12.0 Å². The van der Waals surface area contributed by atoms with Crippen LogP contribution >= 0.6 is 0 Å². The van der Waals surface area contributed by atoms with Gasteiger partial charge in [-0.05, 0) is 43.0 Å². The number of aliphatic carboxylic acids is 1. The van der Waals surface area contributed by atoms with Gasteiger partial charge in [-0.25, -0.2) is 4.79 Å². The number of amides is 2. The number of nitrogens with zero attached hydrogens (tertiary/aromatic N) is 1. The number of carboxylic acids is 1. The third-order valence-corrected chi connectivity index (χ3v) is 4.32. The van der Waals surface area contributed by atoms with E-state index < -0.39 is 5.97 Å². The third kappa shape index (κ3) is 6.10. The van der Waals surface area contributed by atoms with Crippen LogP contribution < -0.4 is 10.1 Å². The van der Waals surface area contributed by atoms with Gasteiger partial charge in [0.05, 0.1) is 13.0 Å². The van der Waals surface area contributed by atoms with E-state index in [0.29, 0.717) is 11.6 Å². The number of hydrogen-bond acceptors (Lipinski definition) is 3. The summed E-state index contributed by atoms with van der Waals surface area (Å²) in [6.07, 6.45) is 6.36. The fourth-order valence-electron chi connectivity index (χ4n) is 2.79. The van der Waals surface area contributed by atoms with Gasteiger partial charge in [0, 0.05) is 19.3 Å². The fraction of sp³-hybridized carbons (Fsp3) is 0.556. The lowest BCUT2D eigenvalue weighted by molar-refractivity contribution is -0.137. The fourth-order valence-corrected chi connectivity index (χ4v) is 2.79. The Labute approximate surface area is 142 Å². The number of hydrogen-bond donors (Lipinski definition) is 2. The van der Waals surface area contributed by atoms with Gasteiger partial charge in [-0.15, -0.1) is 0 Å². The lowest BCUT2D eigenvalue weighted by Crippen LogP contribution is -2.33. The first-order valence-corrected chi connectivity index (χ1v) is 8.51. The number of carboxylic acid groups (broad SMARTS) is 1. The molecule has 6 heteroatoms. The highest BCUT2D eigenvalue weighted by atomic mass is 16.5. The van der Waals surface area contributed by atoms with Crippen molar-refractivity contribution in [1.82, 2.24) is 4.90 Å². The first kappa shape index (κ1) is 18.1. The molecule has 1 aliphatic rings. The predicted octanol–water partition coefficient (Wildman–Crippen LogP) is 3.58. The van der Waals surface area contributed by atoms with Crippen molar-refractivity contribution < 1.29 is 19.4 Å². The number of carbonyl (C=O) groups is 2. The third-order valence-electron chi connectivity index (χ3n) is 4.32.